The molecule has 0 spiro atoms. The second-order valence-electron chi connectivity index (χ2n) is 9.97. The number of rotatable bonds is 21. The lowest BCUT2D eigenvalue weighted by atomic mass is 10.1. The Bertz CT molecular complexity index is 637. The number of hydrogen-bond acceptors (Lipinski definition) is 8. The van der Waals surface area contributed by atoms with E-state index in [2.05, 4.69) is 13.8 Å². The highest BCUT2D eigenvalue weighted by Crippen LogP contribution is 2.27. The van der Waals surface area contributed by atoms with Gasteiger partial charge in [-0.15, -0.1) is 0 Å². The number of hydrogen-bond donors (Lipinski definition) is 0. The predicted octanol–water partition coefficient (Wildman–Crippen LogP) is 5.04. The van der Waals surface area contributed by atoms with Crippen LogP contribution in [0.5, 0.6) is 0 Å². The Balaban J connectivity index is 1.48. The van der Waals surface area contributed by atoms with Crippen LogP contribution in [-0.4, -0.2) is 61.6 Å². The summed E-state index contributed by atoms with van der Waals surface area (Å²) in [6.45, 7) is 5.28. The second-order valence-corrected chi connectivity index (χ2v) is 9.97. The van der Waals surface area contributed by atoms with E-state index in [0.717, 1.165) is 77.0 Å². The van der Waals surface area contributed by atoms with Gasteiger partial charge in [0.25, 0.3) is 0 Å². The lowest BCUT2D eigenvalue weighted by Crippen LogP contribution is -2.30. The van der Waals surface area contributed by atoms with Crippen LogP contribution in [-0.2, 0) is 38.1 Å². The van der Waals surface area contributed by atoms with Crippen molar-refractivity contribution in [2.24, 2.45) is 0 Å². The molecule has 0 N–H and O–H groups in total. The van der Waals surface area contributed by atoms with Gasteiger partial charge in [0, 0.05) is 19.8 Å². The molecule has 2 rings (SSSR count). The molecule has 0 aromatic rings. The van der Waals surface area contributed by atoms with Gasteiger partial charge in [0.2, 0.25) is 0 Å². The third-order valence-electron chi connectivity index (χ3n) is 6.61. The van der Waals surface area contributed by atoms with Crippen molar-refractivity contribution in [2.45, 2.75) is 141 Å². The monoisotopic (exact) mass is 498 g/mol. The molecule has 5 unspecified atom stereocenters. The molecule has 2 aliphatic rings. The zero-order valence-corrected chi connectivity index (χ0v) is 22.0. The van der Waals surface area contributed by atoms with Gasteiger partial charge < -0.3 is 23.7 Å². The summed E-state index contributed by atoms with van der Waals surface area (Å²) in [5.74, 6) is -1.14. The second kappa shape index (κ2) is 16.9. The Hall–Kier alpha value is -1.67. The molecule has 0 aromatic heterocycles. The largest absolute Gasteiger partial charge is 0.462 e. The molecule has 2 aliphatic heterocycles. The normalized spacial score (nSPS) is 23.4. The zero-order valence-electron chi connectivity index (χ0n) is 22.0. The van der Waals surface area contributed by atoms with Crippen LogP contribution in [0.4, 0.5) is 0 Å². The first-order chi connectivity index (χ1) is 16.8. The molecular weight excluding hydrogens is 452 g/mol. The van der Waals surface area contributed by atoms with Gasteiger partial charge >= 0.3 is 17.9 Å². The van der Waals surface area contributed by atoms with Crippen molar-refractivity contribution in [2.75, 3.05) is 13.2 Å². The van der Waals surface area contributed by atoms with Crippen molar-refractivity contribution in [3.05, 3.63) is 0 Å². The highest BCUT2D eigenvalue weighted by Gasteiger charge is 2.33. The van der Waals surface area contributed by atoms with E-state index in [9.17, 15) is 14.4 Å². The molecule has 5 atom stereocenters. The minimum atomic E-state index is -0.775. The van der Waals surface area contributed by atoms with Crippen LogP contribution in [0.2, 0.25) is 0 Å². The molecule has 8 nitrogen and oxygen atoms in total. The Morgan fingerprint density at radius 3 is 1.57 bits per heavy atom. The minimum Gasteiger partial charge on any atom is -0.462 e. The Morgan fingerprint density at radius 2 is 1.09 bits per heavy atom. The van der Waals surface area contributed by atoms with Crippen LogP contribution in [0, 0.1) is 0 Å². The molecule has 2 fully saturated rings. The number of carbonyl (C=O) groups is 3. The number of carbonyl (C=O) groups excluding carboxylic acids is 3. The topological polar surface area (TPSA) is 104 Å². The average molecular weight is 499 g/mol. The maximum absolute atomic E-state index is 12.2. The van der Waals surface area contributed by atoms with Crippen LogP contribution in [0.1, 0.15) is 111 Å². The molecule has 0 amide bonds. The summed E-state index contributed by atoms with van der Waals surface area (Å²) in [5, 5.41) is 0. The fourth-order valence-corrected chi connectivity index (χ4v) is 4.19. The Morgan fingerprint density at radius 1 is 0.657 bits per heavy atom. The third kappa shape index (κ3) is 15.1. The molecule has 2 heterocycles. The molecular formula is C27H46O8. The van der Waals surface area contributed by atoms with Crippen molar-refractivity contribution in [1.82, 2.24) is 0 Å². The van der Waals surface area contributed by atoms with E-state index < -0.39 is 12.1 Å². The fraction of sp³-hybridized carbons (Fsp3) is 0.889. The summed E-state index contributed by atoms with van der Waals surface area (Å²) in [7, 11) is 0. The fourth-order valence-electron chi connectivity index (χ4n) is 4.19. The van der Waals surface area contributed by atoms with Crippen LogP contribution >= 0.6 is 0 Å². The van der Waals surface area contributed by atoms with Crippen LogP contribution in [0.25, 0.3) is 0 Å². The van der Waals surface area contributed by atoms with Gasteiger partial charge in [-0.3, -0.25) is 14.4 Å². The zero-order chi connectivity index (χ0) is 25.5. The van der Waals surface area contributed by atoms with Crippen LogP contribution < -0.4 is 0 Å². The highest BCUT2D eigenvalue weighted by atomic mass is 16.6. The Kier molecular flexibility index (Phi) is 14.3. The first kappa shape index (κ1) is 29.6. The molecule has 0 bridgehead atoms. The molecule has 0 aliphatic carbocycles. The number of esters is 3. The van der Waals surface area contributed by atoms with Crippen LogP contribution in [0.3, 0.4) is 0 Å². The van der Waals surface area contributed by atoms with E-state index in [1.807, 2.05) is 0 Å². The Labute approximate surface area is 210 Å². The first-order valence-corrected chi connectivity index (χ1v) is 13.6. The van der Waals surface area contributed by atoms with Crippen molar-refractivity contribution in [1.29, 1.82) is 0 Å². The molecule has 0 aromatic carbocycles. The van der Waals surface area contributed by atoms with E-state index in [0.29, 0.717) is 37.3 Å². The molecule has 8 heteroatoms. The van der Waals surface area contributed by atoms with E-state index in [1.165, 1.54) is 6.92 Å². The first-order valence-electron chi connectivity index (χ1n) is 13.6. The van der Waals surface area contributed by atoms with Crippen LogP contribution in [0.15, 0.2) is 0 Å². The predicted molar refractivity (Wildman–Crippen MR) is 131 cm³/mol. The lowest BCUT2D eigenvalue weighted by Gasteiger charge is -2.17. The van der Waals surface area contributed by atoms with Gasteiger partial charge in [-0.1, -0.05) is 51.4 Å². The van der Waals surface area contributed by atoms with E-state index in [4.69, 9.17) is 23.7 Å². The number of epoxide rings is 2. The molecule has 35 heavy (non-hydrogen) atoms. The molecule has 0 saturated carbocycles. The number of ether oxygens (including phenoxy) is 5. The summed E-state index contributed by atoms with van der Waals surface area (Å²) in [6.07, 6.45) is 14.1. The maximum atomic E-state index is 12.2. The standard InChI is InChI=1S/C27H46O8/c1-20-24(33-20)14-10-6-4-8-12-16-26(29)32-19-23(18-31-22(3)28)35-27(30)17-13-9-5-7-11-15-25-21(2)34-25/h20-21,23-25H,4-19H2,1-3H3. The van der Waals surface area contributed by atoms with Gasteiger partial charge in [0.15, 0.2) is 6.10 Å². The summed E-state index contributed by atoms with van der Waals surface area (Å²) in [5.41, 5.74) is 0. The summed E-state index contributed by atoms with van der Waals surface area (Å²) in [4.78, 5) is 35.4. The highest BCUT2D eigenvalue weighted by molar-refractivity contribution is 5.70. The summed E-state index contributed by atoms with van der Waals surface area (Å²) in [6, 6.07) is 0. The smallest absolute Gasteiger partial charge is 0.306 e. The van der Waals surface area contributed by atoms with Crippen molar-refractivity contribution in [3.8, 4) is 0 Å². The molecule has 202 valence electrons. The summed E-state index contributed by atoms with van der Waals surface area (Å²) < 4.78 is 26.5. The quantitative estimate of drug-likeness (QED) is 0.0938. The van der Waals surface area contributed by atoms with Gasteiger partial charge in [-0.05, 0) is 39.5 Å². The van der Waals surface area contributed by atoms with Gasteiger partial charge in [0.05, 0.1) is 24.4 Å². The molecule has 2 saturated heterocycles. The van der Waals surface area contributed by atoms with Gasteiger partial charge in [-0.25, -0.2) is 0 Å². The minimum absolute atomic E-state index is 0.0981. The van der Waals surface area contributed by atoms with E-state index in [-0.39, 0.29) is 25.2 Å². The third-order valence-corrected chi connectivity index (χ3v) is 6.61. The van der Waals surface area contributed by atoms with Crippen molar-refractivity contribution >= 4 is 17.9 Å². The lowest BCUT2D eigenvalue weighted by molar-refractivity contribution is -0.166. The summed E-state index contributed by atoms with van der Waals surface area (Å²) >= 11 is 0. The van der Waals surface area contributed by atoms with Gasteiger partial charge in [-0.2, -0.15) is 0 Å². The van der Waals surface area contributed by atoms with Gasteiger partial charge in [0.1, 0.15) is 13.2 Å². The van der Waals surface area contributed by atoms with E-state index in [1.54, 1.807) is 0 Å². The average Bonchev–Trinajstić information content (AvgIpc) is 3.72. The SMILES string of the molecule is CC(=O)OCC(COC(=O)CCCCCCCC1OC1C)OC(=O)CCCCCCCC1OC1C. The van der Waals surface area contributed by atoms with Crippen molar-refractivity contribution in [3.63, 3.8) is 0 Å². The van der Waals surface area contributed by atoms with Crippen molar-refractivity contribution < 1.29 is 38.1 Å². The number of unbranched alkanes of at least 4 members (excludes halogenated alkanes) is 8. The van der Waals surface area contributed by atoms with E-state index >= 15 is 0 Å². The maximum Gasteiger partial charge on any atom is 0.306 e. The molecule has 0 radical (unpaired) electrons.